The molecule has 0 spiro atoms. The predicted octanol–water partition coefficient (Wildman–Crippen LogP) is 3.35. The number of nitrogens with zero attached hydrogens (tertiary/aromatic N) is 3. The number of aromatic nitrogens is 3. The van der Waals surface area contributed by atoms with Gasteiger partial charge in [-0.05, 0) is 67.3 Å². The van der Waals surface area contributed by atoms with Crippen LogP contribution in [0, 0.1) is 17.8 Å². The molecule has 162 valence electrons. The van der Waals surface area contributed by atoms with Crippen molar-refractivity contribution in [2.45, 2.75) is 45.6 Å². The summed E-state index contributed by atoms with van der Waals surface area (Å²) in [6.07, 6.45) is 9.35. The highest BCUT2D eigenvalue weighted by Gasteiger charge is 2.19. The lowest BCUT2D eigenvalue weighted by Crippen LogP contribution is -2.13. The second-order valence-corrected chi connectivity index (χ2v) is 8.07. The Kier molecular flexibility index (Phi) is 7.18. The largest absolute Gasteiger partial charge is 0.381 e. The van der Waals surface area contributed by atoms with Crippen LogP contribution in [0.4, 0.5) is 0 Å². The maximum Gasteiger partial charge on any atom is 0.210 e. The summed E-state index contributed by atoms with van der Waals surface area (Å²) in [6.45, 7) is 5.48. The van der Waals surface area contributed by atoms with Crippen LogP contribution in [-0.4, -0.2) is 34.5 Å². The summed E-state index contributed by atoms with van der Waals surface area (Å²) < 4.78 is 12.4. The molecule has 1 fully saturated rings. The van der Waals surface area contributed by atoms with Crippen LogP contribution in [0.1, 0.15) is 53.7 Å². The molecule has 0 bridgehead atoms. The summed E-state index contributed by atoms with van der Waals surface area (Å²) >= 11 is 0. The molecular weight excluding hydrogens is 388 g/mol. The summed E-state index contributed by atoms with van der Waals surface area (Å²) in [5, 5.41) is 4.12. The fraction of sp³-hybridized carbons (Fsp3) is 0.440. The number of fused-ring (bicyclic) bond motifs is 1. The van der Waals surface area contributed by atoms with Gasteiger partial charge in [0.15, 0.2) is 0 Å². The Labute approximate surface area is 183 Å². The van der Waals surface area contributed by atoms with Gasteiger partial charge >= 0.3 is 0 Å². The van der Waals surface area contributed by atoms with Crippen molar-refractivity contribution in [2.24, 2.45) is 11.7 Å². The second-order valence-electron chi connectivity index (χ2n) is 8.07. The van der Waals surface area contributed by atoms with Crippen molar-refractivity contribution in [2.75, 3.05) is 19.8 Å². The van der Waals surface area contributed by atoms with Crippen molar-refractivity contribution in [1.82, 2.24) is 14.7 Å². The van der Waals surface area contributed by atoms with Crippen molar-refractivity contribution in [1.29, 1.82) is 0 Å². The summed E-state index contributed by atoms with van der Waals surface area (Å²) in [5.74, 6) is 8.45. The number of imidazole rings is 1. The molecule has 2 N–H and O–H groups in total. The second kappa shape index (κ2) is 10.4. The average Bonchev–Trinajstić information content (AvgIpc) is 3.60. The summed E-state index contributed by atoms with van der Waals surface area (Å²) in [6, 6.07) is 8.31. The van der Waals surface area contributed by atoms with E-state index in [1.807, 2.05) is 18.5 Å². The Hall–Kier alpha value is -2.88. The standard InChI is InChI=1S/C21H22N4O.C4H8O/c1-2-21-23-7-8-25(21)14-19-12-20(26-24-19)6-4-15-3-5-17-10-16(13-22)11-18(17)9-15;1-2-4-5-3-1/h3,5,7-9,12,16H,2,10-11,13-14,22H2,1H3;1-4H2. The smallest absolute Gasteiger partial charge is 0.210 e. The molecule has 1 aromatic carbocycles. The van der Waals surface area contributed by atoms with E-state index in [2.05, 4.69) is 51.7 Å². The van der Waals surface area contributed by atoms with Crippen LogP contribution < -0.4 is 5.73 Å². The number of hydrogen-bond acceptors (Lipinski definition) is 5. The minimum atomic E-state index is 0.571. The topological polar surface area (TPSA) is 79.1 Å². The summed E-state index contributed by atoms with van der Waals surface area (Å²) in [5.41, 5.74) is 10.4. The van der Waals surface area contributed by atoms with Crippen LogP contribution in [0.2, 0.25) is 0 Å². The molecule has 5 rings (SSSR count). The van der Waals surface area contributed by atoms with Crippen LogP contribution >= 0.6 is 0 Å². The Bertz CT molecular complexity index is 1050. The average molecular weight is 419 g/mol. The third-order valence-electron chi connectivity index (χ3n) is 5.72. The van der Waals surface area contributed by atoms with E-state index in [4.69, 9.17) is 15.0 Å². The number of ether oxygens (including phenoxy) is 1. The van der Waals surface area contributed by atoms with Gasteiger partial charge in [0.1, 0.15) is 11.5 Å². The van der Waals surface area contributed by atoms with Gasteiger partial charge in [-0.3, -0.25) is 0 Å². The maximum absolute atomic E-state index is 5.80. The number of rotatable bonds is 4. The van der Waals surface area contributed by atoms with Crippen LogP contribution in [0.3, 0.4) is 0 Å². The van der Waals surface area contributed by atoms with Crippen LogP contribution in [0.15, 0.2) is 41.2 Å². The molecule has 31 heavy (non-hydrogen) atoms. The molecule has 1 aliphatic carbocycles. The van der Waals surface area contributed by atoms with E-state index in [0.29, 0.717) is 18.2 Å². The van der Waals surface area contributed by atoms with Gasteiger partial charge in [-0.1, -0.05) is 24.1 Å². The van der Waals surface area contributed by atoms with Gasteiger partial charge in [-0.25, -0.2) is 4.98 Å². The molecule has 1 atom stereocenters. The monoisotopic (exact) mass is 418 g/mol. The Morgan fingerprint density at radius 3 is 2.71 bits per heavy atom. The van der Waals surface area contributed by atoms with Gasteiger partial charge in [-0.2, -0.15) is 0 Å². The Morgan fingerprint density at radius 2 is 1.97 bits per heavy atom. The van der Waals surface area contributed by atoms with Crippen LogP contribution in [0.5, 0.6) is 0 Å². The van der Waals surface area contributed by atoms with Crippen molar-refractivity contribution in [3.63, 3.8) is 0 Å². The highest BCUT2D eigenvalue weighted by Crippen LogP contribution is 2.26. The van der Waals surface area contributed by atoms with E-state index in [9.17, 15) is 0 Å². The molecule has 1 unspecified atom stereocenters. The Balaban J connectivity index is 0.000000407. The van der Waals surface area contributed by atoms with Crippen LogP contribution in [0.25, 0.3) is 0 Å². The van der Waals surface area contributed by atoms with Gasteiger partial charge in [0.2, 0.25) is 5.76 Å². The minimum absolute atomic E-state index is 0.571. The SMILES string of the molecule is C1CCOC1.CCc1nccn1Cc1cc(C#Cc2ccc3c(c2)CC(CN)C3)on1. The summed E-state index contributed by atoms with van der Waals surface area (Å²) in [7, 11) is 0. The van der Waals surface area contributed by atoms with Gasteiger partial charge in [-0.15, -0.1) is 0 Å². The van der Waals surface area contributed by atoms with E-state index in [0.717, 1.165) is 56.1 Å². The van der Waals surface area contributed by atoms with E-state index in [1.165, 1.54) is 24.0 Å². The van der Waals surface area contributed by atoms with Gasteiger partial charge in [0.25, 0.3) is 0 Å². The number of hydrogen-bond donors (Lipinski definition) is 1. The molecule has 3 heterocycles. The van der Waals surface area contributed by atoms with E-state index in [1.54, 1.807) is 0 Å². The van der Waals surface area contributed by atoms with Crippen molar-refractivity contribution in [3.8, 4) is 11.8 Å². The molecule has 1 saturated heterocycles. The molecule has 3 aromatic rings. The molecule has 6 nitrogen and oxygen atoms in total. The first kappa shape index (κ1) is 21.4. The normalized spacial score (nSPS) is 16.9. The van der Waals surface area contributed by atoms with Crippen molar-refractivity contribution >= 4 is 0 Å². The zero-order valence-corrected chi connectivity index (χ0v) is 18.1. The third kappa shape index (κ3) is 5.63. The minimum Gasteiger partial charge on any atom is -0.381 e. The third-order valence-corrected chi connectivity index (χ3v) is 5.72. The van der Waals surface area contributed by atoms with E-state index < -0.39 is 0 Å². The molecule has 0 radical (unpaired) electrons. The maximum atomic E-state index is 5.80. The zero-order chi connectivity index (χ0) is 21.5. The first-order valence-corrected chi connectivity index (χ1v) is 11.1. The first-order valence-electron chi connectivity index (χ1n) is 11.1. The molecule has 2 aromatic heterocycles. The lowest BCUT2D eigenvalue weighted by Gasteiger charge is -2.02. The van der Waals surface area contributed by atoms with Crippen LogP contribution in [-0.2, 0) is 30.5 Å². The van der Waals surface area contributed by atoms with Gasteiger partial charge in [0, 0.05) is 43.7 Å². The Morgan fingerprint density at radius 1 is 1.13 bits per heavy atom. The predicted molar refractivity (Wildman–Crippen MR) is 120 cm³/mol. The highest BCUT2D eigenvalue weighted by molar-refractivity contribution is 5.45. The molecule has 0 saturated carbocycles. The fourth-order valence-electron chi connectivity index (χ4n) is 4.02. The number of aryl methyl sites for hydroxylation is 1. The van der Waals surface area contributed by atoms with Gasteiger partial charge in [0.05, 0.1) is 6.54 Å². The molecule has 0 amide bonds. The lowest BCUT2D eigenvalue weighted by atomic mass is 10.1. The molecule has 6 heteroatoms. The van der Waals surface area contributed by atoms with E-state index in [-0.39, 0.29) is 0 Å². The molecule has 1 aliphatic heterocycles. The zero-order valence-electron chi connectivity index (χ0n) is 18.1. The first-order chi connectivity index (χ1) is 15.2. The van der Waals surface area contributed by atoms with E-state index >= 15 is 0 Å². The van der Waals surface area contributed by atoms with Crippen molar-refractivity contribution in [3.05, 3.63) is 70.6 Å². The number of benzene rings is 1. The van der Waals surface area contributed by atoms with Crippen molar-refractivity contribution < 1.29 is 9.26 Å². The quantitative estimate of drug-likeness (QED) is 0.658. The highest BCUT2D eigenvalue weighted by atomic mass is 16.5. The van der Waals surface area contributed by atoms with Gasteiger partial charge < -0.3 is 19.6 Å². The summed E-state index contributed by atoms with van der Waals surface area (Å²) in [4.78, 5) is 4.32. The molecular formula is C25H30N4O2. The number of nitrogens with two attached hydrogens (primary N) is 1. The lowest BCUT2D eigenvalue weighted by molar-refractivity contribution is 0.198. The fourth-order valence-corrected chi connectivity index (χ4v) is 4.02. The molecule has 2 aliphatic rings.